The largest absolute Gasteiger partial charge is 0.465 e. The van der Waals surface area contributed by atoms with Crippen LogP contribution in [0.2, 0.25) is 11.1 Å². The number of methoxy groups -OCH3 is 1. The van der Waals surface area contributed by atoms with Crippen molar-refractivity contribution < 1.29 is 9.53 Å². The average molecular weight is 250 g/mol. The minimum absolute atomic E-state index is 0.243. The van der Waals surface area contributed by atoms with Crippen LogP contribution in [0.25, 0.3) is 0 Å². The summed E-state index contributed by atoms with van der Waals surface area (Å²) in [4.78, 5) is 11.5. The van der Waals surface area contributed by atoms with Gasteiger partial charge in [0.25, 0.3) is 0 Å². The lowest BCUT2D eigenvalue weighted by atomic mass is 10.2. The van der Waals surface area contributed by atoms with Crippen LogP contribution < -0.4 is 5.19 Å². The number of benzene rings is 1. The lowest BCUT2D eigenvalue weighted by Crippen LogP contribution is -2.36. The molecule has 3 heteroatoms. The van der Waals surface area contributed by atoms with Crippen molar-refractivity contribution in [1.29, 1.82) is 0 Å². The van der Waals surface area contributed by atoms with Gasteiger partial charge in [-0.1, -0.05) is 45.0 Å². The van der Waals surface area contributed by atoms with Crippen LogP contribution in [0.5, 0.6) is 0 Å². The first kappa shape index (κ1) is 14.0. The van der Waals surface area contributed by atoms with Gasteiger partial charge in [0.15, 0.2) is 0 Å². The van der Waals surface area contributed by atoms with Crippen molar-refractivity contribution in [1.82, 2.24) is 0 Å². The third kappa shape index (κ3) is 3.43. The zero-order valence-corrected chi connectivity index (χ0v) is 12.5. The van der Waals surface area contributed by atoms with Crippen molar-refractivity contribution in [2.45, 2.75) is 38.8 Å². The van der Waals surface area contributed by atoms with Gasteiger partial charge in [0.2, 0.25) is 0 Å². The van der Waals surface area contributed by atoms with Crippen LogP contribution in [0, 0.1) is 0 Å². The Morgan fingerprint density at radius 1 is 1.18 bits per heavy atom. The van der Waals surface area contributed by atoms with Crippen LogP contribution in [-0.2, 0) is 4.74 Å². The Labute approximate surface area is 106 Å². The molecule has 0 aliphatic heterocycles. The van der Waals surface area contributed by atoms with E-state index in [4.69, 9.17) is 4.74 Å². The zero-order valence-electron chi connectivity index (χ0n) is 11.4. The maximum absolute atomic E-state index is 11.5. The molecule has 0 heterocycles. The second-order valence-corrected chi connectivity index (χ2v) is 9.52. The molecule has 2 nitrogen and oxygen atoms in total. The topological polar surface area (TPSA) is 26.3 Å². The summed E-state index contributed by atoms with van der Waals surface area (Å²) in [6.45, 7) is 9.12. The zero-order chi connectivity index (χ0) is 13.0. The lowest BCUT2D eigenvalue weighted by Gasteiger charge is -2.23. The smallest absolute Gasteiger partial charge is 0.337 e. The maximum Gasteiger partial charge on any atom is 0.337 e. The third-order valence-corrected chi connectivity index (χ3v) is 7.13. The fraction of sp³-hybridized carbons (Fsp3) is 0.500. The van der Waals surface area contributed by atoms with E-state index in [0.29, 0.717) is 16.6 Å². The number of carbonyl (C=O) groups is 1. The van der Waals surface area contributed by atoms with Gasteiger partial charge in [-0.15, -0.1) is 0 Å². The summed E-state index contributed by atoms with van der Waals surface area (Å²) in [5.41, 5.74) is 2.06. The summed E-state index contributed by atoms with van der Waals surface area (Å²) in [5.74, 6) is -0.243. The minimum Gasteiger partial charge on any atom is -0.465 e. The molecule has 94 valence electrons. The van der Waals surface area contributed by atoms with Crippen LogP contribution in [0.4, 0.5) is 0 Å². The van der Waals surface area contributed by atoms with E-state index < -0.39 is 8.80 Å². The molecule has 0 fully saturated rings. The normalized spacial score (nSPS) is 11.3. The van der Waals surface area contributed by atoms with E-state index in [9.17, 15) is 4.79 Å². The number of esters is 1. The number of ether oxygens (including phenoxy) is 1. The highest BCUT2D eigenvalue weighted by Crippen LogP contribution is 2.20. The number of hydrogen-bond acceptors (Lipinski definition) is 2. The molecule has 0 aromatic heterocycles. The van der Waals surface area contributed by atoms with E-state index >= 15 is 0 Å². The molecule has 0 atom stereocenters. The van der Waals surface area contributed by atoms with Crippen LogP contribution in [0.1, 0.15) is 38.1 Å². The van der Waals surface area contributed by atoms with Gasteiger partial charge in [-0.05, 0) is 23.2 Å². The molecule has 0 saturated carbocycles. The van der Waals surface area contributed by atoms with Gasteiger partial charge < -0.3 is 4.74 Å². The maximum atomic E-state index is 11.5. The molecule has 0 aliphatic rings. The summed E-state index contributed by atoms with van der Waals surface area (Å²) in [5, 5.41) is 1.36. The highest BCUT2D eigenvalue weighted by Gasteiger charge is 2.22. The van der Waals surface area contributed by atoms with E-state index in [1.807, 2.05) is 18.2 Å². The Morgan fingerprint density at radius 3 is 2.24 bits per heavy atom. The Hall–Kier alpha value is -1.09. The monoisotopic (exact) mass is 250 g/mol. The summed E-state index contributed by atoms with van der Waals surface area (Å²) in [6, 6.07) is 7.96. The predicted molar refractivity (Wildman–Crippen MR) is 74.8 cm³/mol. The standard InChI is InChI=1S/C14H22O2Si/c1-10(2)17(11(3)4)13-8-6-7-12(9-13)14(15)16-5/h6-11,17H,1-5H3. The van der Waals surface area contributed by atoms with Gasteiger partial charge in [0, 0.05) is 0 Å². The molecule has 1 aromatic carbocycles. The average Bonchev–Trinajstić information content (AvgIpc) is 2.27. The summed E-state index contributed by atoms with van der Waals surface area (Å²) < 4.78 is 4.77. The van der Waals surface area contributed by atoms with Gasteiger partial charge >= 0.3 is 5.97 Å². The van der Waals surface area contributed by atoms with Crippen molar-refractivity contribution >= 4 is 20.0 Å². The van der Waals surface area contributed by atoms with E-state index in [0.717, 1.165) is 0 Å². The van der Waals surface area contributed by atoms with E-state index in [-0.39, 0.29) is 5.97 Å². The Balaban J connectivity index is 3.08. The quantitative estimate of drug-likeness (QED) is 0.607. The van der Waals surface area contributed by atoms with Gasteiger partial charge in [-0.25, -0.2) is 4.79 Å². The van der Waals surface area contributed by atoms with Gasteiger partial charge in [-0.2, -0.15) is 0 Å². The molecule has 1 aromatic rings. The molecule has 0 radical (unpaired) electrons. The van der Waals surface area contributed by atoms with Crippen molar-refractivity contribution in [3.8, 4) is 0 Å². The number of hydrogen-bond donors (Lipinski definition) is 0. The molecular weight excluding hydrogens is 228 g/mol. The molecule has 1 rings (SSSR count). The van der Waals surface area contributed by atoms with E-state index in [1.165, 1.54) is 12.3 Å². The van der Waals surface area contributed by atoms with Crippen LogP contribution >= 0.6 is 0 Å². The predicted octanol–water partition coefficient (Wildman–Crippen LogP) is 2.73. The minimum atomic E-state index is -1.03. The fourth-order valence-electron chi connectivity index (χ4n) is 2.53. The Bertz CT molecular complexity index is 378. The second-order valence-electron chi connectivity index (χ2n) is 5.13. The molecule has 0 N–H and O–H groups in total. The van der Waals surface area contributed by atoms with Crippen LogP contribution in [0.3, 0.4) is 0 Å². The molecule has 0 spiro atoms. The van der Waals surface area contributed by atoms with Crippen molar-refractivity contribution in [3.05, 3.63) is 29.8 Å². The first-order chi connectivity index (χ1) is 7.97. The van der Waals surface area contributed by atoms with Gasteiger partial charge in [-0.3, -0.25) is 0 Å². The van der Waals surface area contributed by atoms with Gasteiger partial charge in [0.1, 0.15) is 0 Å². The summed E-state index contributed by atoms with van der Waals surface area (Å²) >= 11 is 0. The van der Waals surface area contributed by atoms with Crippen molar-refractivity contribution in [2.75, 3.05) is 7.11 Å². The first-order valence-electron chi connectivity index (χ1n) is 6.15. The Morgan fingerprint density at radius 2 is 1.76 bits per heavy atom. The molecule has 0 amide bonds. The van der Waals surface area contributed by atoms with E-state index in [2.05, 4.69) is 33.8 Å². The summed E-state index contributed by atoms with van der Waals surface area (Å²) in [6.07, 6.45) is 0. The molecule has 0 aliphatic carbocycles. The summed E-state index contributed by atoms with van der Waals surface area (Å²) in [7, 11) is 0.399. The highest BCUT2D eigenvalue weighted by atomic mass is 28.3. The third-order valence-electron chi connectivity index (χ3n) is 3.13. The molecule has 0 bridgehead atoms. The molecular formula is C14H22O2Si. The first-order valence-corrected chi connectivity index (χ1v) is 8.06. The molecule has 0 saturated heterocycles. The van der Waals surface area contributed by atoms with Crippen molar-refractivity contribution in [3.63, 3.8) is 0 Å². The van der Waals surface area contributed by atoms with Gasteiger partial charge in [0.05, 0.1) is 21.5 Å². The fourth-order valence-corrected chi connectivity index (χ4v) is 6.31. The Kier molecular flexibility index (Phi) is 4.94. The SMILES string of the molecule is COC(=O)c1cccc([SiH](C(C)C)C(C)C)c1. The van der Waals surface area contributed by atoms with Crippen LogP contribution in [0.15, 0.2) is 24.3 Å². The van der Waals surface area contributed by atoms with E-state index in [1.54, 1.807) is 0 Å². The molecule has 17 heavy (non-hydrogen) atoms. The number of rotatable bonds is 4. The number of carbonyl (C=O) groups excluding carboxylic acids is 1. The second kappa shape index (κ2) is 6.01. The van der Waals surface area contributed by atoms with Crippen molar-refractivity contribution in [2.24, 2.45) is 0 Å². The lowest BCUT2D eigenvalue weighted by molar-refractivity contribution is 0.0601. The molecule has 0 unspecified atom stereocenters. The van der Waals surface area contributed by atoms with Crippen LogP contribution in [-0.4, -0.2) is 21.9 Å². The highest BCUT2D eigenvalue weighted by molar-refractivity contribution is 6.75.